The maximum absolute atomic E-state index is 14.3. The van der Waals surface area contributed by atoms with Crippen molar-refractivity contribution in [2.45, 2.75) is 24.7 Å². The number of benzene rings is 1. The largest absolute Gasteiger partial charge is 0.440 e. The van der Waals surface area contributed by atoms with Crippen LogP contribution in [-0.2, 0) is 15.3 Å². The van der Waals surface area contributed by atoms with Crippen molar-refractivity contribution in [3.63, 3.8) is 0 Å². The van der Waals surface area contributed by atoms with Crippen molar-refractivity contribution in [3.8, 4) is 0 Å². The number of nitrogens with one attached hydrogen (secondary N) is 2. The van der Waals surface area contributed by atoms with Crippen LogP contribution in [0, 0.1) is 5.92 Å². The van der Waals surface area contributed by atoms with Gasteiger partial charge in [-0.2, -0.15) is 13.2 Å². The maximum Gasteiger partial charge on any atom is 0.440 e. The Bertz CT molecular complexity index is 1020. The number of carbonyl (C=O) groups is 2. The Kier molecular flexibility index (Phi) is 4.71. The molecule has 4 rings (SSSR count). The van der Waals surface area contributed by atoms with Crippen LogP contribution in [0.25, 0.3) is 11.0 Å². The Hall–Kier alpha value is -2.04. The van der Waals surface area contributed by atoms with Crippen LogP contribution in [0.4, 0.5) is 19.1 Å². The summed E-state index contributed by atoms with van der Waals surface area (Å²) in [5.74, 6) is -3.23. The van der Waals surface area contributed by atoms with Crippen LogP contribution in [0.15, 0.2) is 12.1 Å². The highest BCUT2D eigenvalue weighted by molar-refractivity contribution is 6.42. The number of rotatable bonds is 2. The van der Waals surface area contributed by atoms with Gasteiger partial charge in [-0.3, -0.25) is 19.5 Å². The molecule has 1 unspecified atom stereocenters. The molecule has 2 amide bonds. The zero-order valence-corrected chi connectivity index (χ0v) is 16.6. The first kappa shape index (κ1) is 20.2. The Morgan fingerprint density at radius 3 is 2.52 bits per heavy atom. The number of piperidine rings is 1. The topological polar surface area (TPSA) is 79.3 Å². The minimum absolute atomic E-state index is 0.000987. The van der Waals surface area contributed by atoms with Gasteiger partial charge in [-0.15, -0.1) is 0 Å². The summed E-state index contributed by atoms with van der Waals surface area (Å²) in [6.45, 7) is 1.16. The van der Waals surface area contributed by atoms with Crippen LogP contribution < -0.4 is 10.6 Å². The van der Waals surface area contributed by atoms with Crippen molar-refractivity contribution < 1.29 is 22.8 Å². The second-order valence-electron chi connectivity index (χ2n) is 7.25. The summed E-state index contributed by atoms with van der Waals surface area (Å²) in [5.41, 5.74) is -3.29. The van der Waals surface area contributed by atoms with E-state index in [9.17, 15) is 22.8 Å². The molecule has 0 aliphatic carbocycles. The van der Waals surface area contributed by atoms with E-state index in [0.717, 1.165) is 0 Å². The molecule has 2 aliphatic heterocycles. The molecule has 0 spiro atoms. The molecule has 1 aromatic carbocycles. The molecule has 7 nitrogen and oxygen atoms in total. The Morgan fingerprint density at radius 2 is 1.90 bits per heavy atom. The SMILES string of the molecule is CN1CCC(C(=O)NC2(C(F)(F)F)C(=O)Nc3nc4cc(Cl)c(Cl)cc4n32)CC1. The number of hydrogen-bond acceptors (Lipinski definition) is 4. The number of halogens is 5. The molecule has 29 heavy (non-hydrogen) atoms. The summed E-state index contributed by atoms with van der Waals surface area (Å²) < 4.78 is 43.6. The normalized spacial score (nSPS) is 23.3. The maximum atomic E-state index is 14.3. The van der Waals surface area contributed by atoms with E-state index in [4.69, 9.17) is 23.2 Å². The van der Waals surface area contributed by atoms with E-state index >= 15 is 0 Å². The average molecular weight is 450 g/mol. The quantitative estimate of drug-likeness (QED) is 0.738. The summed E-state index contributed by atoms with van der Waals surface area (Å²) in [7, 11) is 1.87. The standard InChI is InChI=1S/C17H16Cl2F3N5O2/c1-26-4-2-8(3-5-26)13(28)25-16(17(20,21)22)14(29)24-15-23-11-6-9(18)10(19)7-12(11)27(15)16/h6-8H,2-5H2,1H3,(H,25,28)(H,23,24,29). The molecule has 156 valence electrons. The first-order valence-corrected chi connectivity index (χ1v) is 9.57. The average Bonchev–Trinajstić information content (AvgIpc) is 3.09. The van der Waals surface area contributed by atoms with Crippen LogP contribution in [0.3, 0.4) is 0 Å². The summed E-state index contributed by atoms with van der Waals surface area (Å²) >= 11 is 11.9. The van der Waals surface area contributed by atoms with Crippen molar-refractivity contribution in [1.29, 1.82) is 0 Å². The highest BCUT2D eigenvalue weighted by Crippen LogP contribution is 2.45. The highest BCUT2D eigenvalue weighted by Gasteiger charge is 2.68. The Labute approximate surface area is 173 Å². The number of hydrogen-bond donors (Lipinski definition) is 2. The number of likely N-dealkylation sites (tertiary alicyclic amines) is 1. The van der Waals surface area contributed by atoms with Gasteiger partial charge in [-0.1, -0.05) is 23.2 Å². The van der Waals surface area contributed by atoms with Crippen LogP contribution in [0.1, 0.15) is 12.8 Å². The zero-order chi connectivity index (χ0) is 21.1. The van der Waals surface area contributed by atoms with Gasteiger partial charge in [-0.25, -0.2) is 4.98 Å². The number of nitrogens with zero attached hydrogens (tertiary/aromatic N) is 3. The first-order valence-electron chi connectivity index (χ1n) is 8.81. The van der Waals surface area contributed by atoms with Crippen molar-refractivity contribution >= 4 is 52.0 Å². The second kappa shape index (κ2) is 6.75. The predicted octanol–water partition coefficient (Wildman–Crippen LogP) is 2.97. The molecule has 1 fully saturated rings. The number of fused-ring (bicyclic) bond motifs is 3. The van der Waals surface area contributed by atoms with Crippen LogP contribution in [0.5, 0.6) is 0 Å². The van der Waals surface area contributed by atoms with E-state index in [1.54, 1.807) is 0 Å². The van der Waals surface area contributed by atoms with Crippen LogP contribution >= 0.6 is 23.2 Å². The van der Waals surface area contributed by atoms with Crippen LogP contribution in [0.2, 0.25) is 10.0 Å². The van der Waals surface area contributed by atoms with E-state index < -0.39 is 29.6 Å². The van der Waals surface area contributed by atoms with Gasteiger partial charge in [0.25, 0.3) is 11.6 Å². The lowest BCUT2D eigenvalue weighted by Crippen LogP contribution is -2.64. The fourth-order valence-electron chi connectivity index (χ4n) is 3.78. The molecule has 2 aliphatic rings. The number of alkyl halides is 3. The van der Waals surface area contributed by atoms with E-state index in [-0.39, 0.29) is 27.0 Å². The van der Waals surface area contributed by atoms with Crippen molar-refractivity contribution in [2.24, 2.45) is 5.92 Å². The first-order chi connectivity index (χ1) is 13.5. The number of carbonyl (C=O) groups excluding carboxylic acids is 2. The molecule has 2 N–H and O–H groups in total. The monoisotopic (exact) mass is 449 g/mol. The molecular formula is C17H16Cl2F3N5O2. The third-order valence-electron chi connectivity index (χ3n) is 5.39. The van der Waals surface area contributed by atoms with Gasteiger partial charge >= 0.3 is 6.18 Å². The third kappa shape index (κ3) is 3.04. The molecule has 3 heterocycles. The van der Waals surface area contributed by atoms with Gasteiger partial charge in [0.15, 0.2) is 0 Å². The molecule has 0 saturated carbocycles. The predicted molar refractivity (Wildman–Crippen MR) is 101 cm³/mol. The zero-order valence-electron chi connectivity index (χ0n) is 15.1. The number of imidazole rings is 1. The summed E-state index contributed by atoms with van der Waals surface area (Å²) in [4.78, 5) is 31.3. The molecule has 0 bridgehead atoms. The molecule has 1 atom stereocenters. The lowest BCUT2D eigenvalue weighted by Gasteiger charge is -2.35. The minimum atomic E-state index is -5.14. The fraction of sp³-hybridized carbons (Fsp3) is 0.471. The molecule has 12 heteroatoms. The Morgan fingerprint density at radius 1 is 1.28 bits per heavy atom. The van der Waals surface area contributed by atoms with Gasteiger partial charge in [0.05, 0.1) is 21.1 Å². The summed E-state index contributed by atoms with van der Waals surface area (Å²) in [6, 6.07) is 2.49. The van der Waals surface area contributed by atoms with Gasteiger partial charge < -0.3 is 10.2 Å². The van der Waals surface area contributed by atoms with Crippen LogP contribution in [-0.4, -0.2) is 52.6 Å². The van der Waals surface area contributed by atoms with Crippen molar-refractivity contribution in [1.82, 2.24) is 19.8 Å². The lowest BCUT2D eigenvalue weighted by molar-refractivity contribution is -0.218. The highest BCUT2D eigenvalue weighted by atomic mass is 35.5. The van der Waals surface area contributed by atoms with E-state index in [0.29, 0.717) is 30.5 Å². The summed E-state index contributed by atoms with van der Waals surface area (Å²) in [5, 5.41) is 4.22. The molecule has 0 radical (unpaired) electrons. The molecule has 2 aromatic rings. The Balaban J connectivity index is 1.83. The van der Waals surface area contributed by atoms with Gasteiger partial charge in [0.1, 0.15) is 0 Å². The summed E-state index contributed by atoms with van der Waals surface area (Å²) in [6.07, 6.45) is -4.34. The third-order valence-corrected chi connectivity index (χ3v) is 6.11. The van der Waals surface area contributed by atoms with Crippen molar-refractivity contribution in [2.75, 3.05) is 25.5 Å². The van der Waals surface area contributed by atoms with Gasteiger partial charge in [-0.05, 0) is 45.1 Å². The fourth-order valence-corrected chi connectivity index (χ4v) is 4.10. The van der Waals surface area contributed by atoms with Crippen molar-refractivity contribution in [3.05, 3.63) is 22.2 Å². The smallest absolute Gasteiger partial charge is 0.317 e. The lowest BCUT2D eigenvalue weighted by atomic mass is 9.95. The number of anilines is 1. The number of amides is 2. The van der Waals surface area contributed by atoms with E-state index in [1.807, 2.05) is 17.3 Å². The molecule has 1 saturated heterocycles. The molecule has 1 aromatic heterocycles. The van der Waals surface area contributed by atoms with E-state index in [1.165, 1.54) is 12.1 Å². The minimum Gasteiger partial charge on any atom is -0.317 e. The number of aromatic nitrogens is 2. The van der Waals surface area contributed by atoms with E-state index in [2.05, 4.69) is 10.3 Å². The van der Waals surface area contributed by atoms with Gasteiger partial charge in [0, 0.05) is 5.92 Å². The van der Waals surface area contributed by atoms with Gasteiger partial charge in [0.2, 0.25) is 11.9 Å². The second-order valence-corrected chi connectivity index (χ2v) is 8.07. The molecular weight excluding hydrogens is 434 g/mol.